The second-order valence-electron chi connectivity index (χ2n) is 8.08. The molecule has 0 aromatic carbocycles. The summed E-state index contributed by atoms with van der Waals surface area (Å²) in [5, 5.41) is 57.0. The third-order valence-electron chi connectivity index (χ3n) is 5.77. The lowest BCUT2D eigenvalue weighted by atomic mass is 10.0. The Balaban J connectivity index is 0.000000196. The van der Waals surface area contributed by atoms with E-state index in [2.05, 4.69) is 9.97 Å². The van der Waals surface area contributed by atoms with Crippen LogP contribution in [0.15, 0.2) is 34.1 Å². The van der Waals surface area contributed by atoms with Crippen LogP contribution in [0.3, 0.4) is 0 Å². The molecule has 2 fully saturated rings. The molecule has 2 saturated heterocycles. The van der Waals surface area contributed by atoms with Crippen LogP contribution in [-0.4, -0.2) is 99.6 Å². The molecule has 16 heteroatoms. The summed E-state index contributed by atoms with van der Waals surface area (Å²) in [5.41, 5.74) is 2.80. The summed E-state index contributed by atoms with van der Waals surface area (Å²) < 4.78 is 13.1. The summed E-state index contributed by atoms with van der Waals surface area (Å²) in [5.74, 6) is 0.0478. The molecule has 194 valence electrons. The lowest BCUT2D eigenvalue weighted by Gasteiger charge is -2.29. The third-order valence-corrected chi connectivity index (χ3v) is 6.08. The molecule has 0 saturated carbocycles. The summed E-state index contributed by atoms with van der Waals surface area (Å²) in [4.78, 5) is 28.6. The number of aromatic nitrogens is 4. The van der Waals surface area contributed by atoms with Crippen molar-refractivity contribution in [2.75, 3.05) is 18.9 Å². The van der Waals surface area contributed by atoms with Gasteiger partial charge in [0.05, 0.1) is 13.2 Å². The van der Waals surface area contributed by atoms with E-state index in [1.54, 1.807) is 0 Å². The summed E-state index contributed by atoms with van der Waals surface area (Å²) >= 11 is 4.91. The average molecular weight is 518 g/mol. The molecule has 2 aliphatic rings. The second kappa shape index (κ2) is 10.6. The van der Waals surface area contributed by atoms with E-state index < -0.39 is 67.5 Å². The molecule has 0 amide bonds. The molecule has 15 nitrogen and oxygen atoms in total. The van der Waals surface area contributed by atoms with Crippen molar-refractivity contribution in [1.29, 1.82) is 0 Å². The monoisotopic (exact) mass is 517 g/mol. The minimum atomic E-state index is -1.50. The molecule has 4 rings (SSSR count). The maximum Gasteiger partial charge on any atom is 0.351 e. The zero-order valence-electron chi connectivity index (χ0n) is 18.4. The largest absolute Gasteiger partial charge is 0.394 e. The zero-order chi connectivity index (χ0) is 26.1. The standard InChI is InChI=1S/C10H15N3O5.C9H12N2O5S/c1-10(8(16)7(15)5(4-14)18-10)13-3-2-6(11)12-9(13)17;12-3-4-6(14)7(15)8(16-4)11-2-1-5(13)10-9(11)17/h2-3,5,7-8,14-16H,4H2,1H3,(H2,11,12,17);1-2,4,6-8,12,14-15H,3H2,(H,10,13,17)/t5-,7-,8-,10-;4-,6-,7-,8-/m11/s1. The quantitative estimate of drug-likeness (QED) is 0.181. The van der Waals surface area contributed by atoms with E-state index in [1.807, 2.05) is 0 Å². The van der Waals surface area contributed by atoms with Gasteiger partial charge in [-0.25, -0.2) is 4.79 Å². The van der Waals surface area contributed by atoms with E-state index >= 15 is 0 Å². The highest BCUT2D eigenvalue weighted by atomic mass is 32.1. The molecule has 2 aromatic heterocycles. The molecule has 2 aliphatic heterocycles. The van der Waals surface area contributed by atoms with Crippen molar-refractivity contribution in [3.63, 3.8) is 0 Å². The SMILES string of the molecule is C[C@@]1(n2ccc(N)nc2=O)O[C@H](CO)[C@@H](O)[C@H]1O.O=c1ccn([C@@H]2O[C@H](CO)[C@@H](O)[C@H]2O)c(=S)[nH]1. The van der Waals surface area contributed by atoms with Crippen molar-refractivity contribution in [1.82, 2.24) is 19.1 Å². The Bertz CT molecular complexity index is 1200. The number of aliphatic hydroxyl groups excluding tert-OH is 6. The van der Waals surface area contributed by atoms with E-state index in [0.29, 0.717) is 0 Å². The van der Waals surface area contributed by atoms with Gasteiger partial charge < -0.3 is 45.8 Å². The highest BCUT2D eigenvalue weighted by Gasteiger charge is 2.52. The lowest BCUT2D eigenvalue weighted by molar-refractivity contribution is -0.137. The molecule has 0 unspecified atom stereocenters. The number of anilines is 1. The highest BCUT2D eigenvalue weighted by molar-refractivity contribution is 7.71. The van der Waals surface area contributed by atoms with Gasteiger partial charge in [-0.15, -0.1) is 0 Å². The van der Waals surface area contributed by atoms with Crippen LogP contribution in [0.2, 0.25) is 0 Å². The third kappa shape index (κ3) is 5.20. The summed E-state index contributed by atoms with van der Waals surface area (Å²) in [7, 11) is 0. The van der Waals surface area contributed by atoms with Gasteiger partial charge in [0.25, 0.3) is 5.56 Å². The Morgan fingerprint density at radius 2 is 1.74 bits per heavy atom. The van der Waals surface area contributed by atoms with Crippen LogP contribution < -0.4 is 17.0 Å². The molecule has 2 aromatic rings. The fraction of sp³-hybridized carbons (Fsp3) is 0.579. The number of nitrogens with zero attached hydrogens (tertiary/aromatic N) is 3. The first-order valence-electron chi connectivity index (χ1n) is 10.4. The van der Waals surface area contributed by atoms with Crippen LogP contribution >= 0.6 is 12.2 Å². The van der Waals surface area contributed by atoms with Crippen molar-refractivity contribution >= 4 is 18.0 Å². The maximum atomic E-state index is 11.7. The normalized spacial score (nSPS) is 34.4. The molecular weight excluding hydrogens is 490 g/mol. The number of aliphatic hydroxyl groups is 6. The van der Waals surface area contributed by atoms with Crippen LogP contribution in [-0.2, 0) is 15.2 Å². The number of nitrogens with one attached hydrogen (secondary N) is 1. The second-order valence-corrected chi connectivity index (χ2v) is 8.47. The molecule has 0 bridgehead atoms. The number of nitrogen functional groups attached to an aromatic ring is 1. The Labute approximate surface area is 202 Å². The van der Waals surface area contributed by atoms with Crippen molar-refractivity contribution < 1.29 is 40.1 Å². The Morgan fingerprint density at radius 3 is 2.26 bits per heavy atom. The Hall–Kier alpha value is -2.54. The van der Waals surface area contributed by atoms with Crippen molar-refractivity contribution in [2.24, 2.45) is 0 Å². The van der Waals surface area contributed by atoms with Crippen LogP contribution in [0.4, 0.5) is 5.82 Å². The summed E-state index contributed by atoms with van der Waals surface area (Å²) in [6.07, 6.45) is -5.14. The van der Waals surface area contributed by atoms with Gasteiger partial charge in [-0.2, -0.15) is 4.98 Å². The molecule has 35 heavy (non-hydrogen) atoms. The van der Waals surface area contributed by atoms with Crippen molar-refractivity contribution in [3.05, 3.63) is 50.1 Å². The number of H-pyrrole nitrogens is 1. The van der Waals surface area contributed by atoms with E-state index in [9.17, 15) is 30.0 Å². The van der Waals surface area contributed by atoms with E-state index in [4.69, 9.17) is 37.6 Å². The molecule has 9 N–H and O–H groups in total. The summed E-state index contributed by atoms with van der Waals surface area (Å²) in [6, 6.07) is 2.60. The molecule has 4 heterocycles. The van der Waals surface area contributed by atoms with Crippen LogP contribution in [0, 0.1) is 4.77 Å². The fourth-order valence-corrected chi connectivity index (χ4v) is 4.07. The summed E-state index contributed by atoms with van der Waals surface area (Å²) in [6.45, 7) is 0.548. The van der Waals surface area contributed by atoms with E-state index in [0.717, 1.165) is 4.57 Å². The number of hydrogen-bond acceptors (Lipinski definition) is 13. The molecule has 0 spiro atoms. The van der Waals surface area contributed by atoms with Gasteiger partial charge in [-0.1, -0.05) is 0 Å². The minimum absolute atomic E-state index is 0.0478. The predicted molar refractivity (Wildman–Crippen MR) is 119 cm³/mol. The molecule has 8 atom stereocenters. The van der Waals surface area contributed by atoms with E-state index in [-0.39, 0.29) is 16.1 Å². The van der Waals surface area contributed by atoms with Crippen molar-refractivity contribution in [2.45, 2.75) is 55.5 Å². The average Bonchev–Trinajstić information content (AvgIpc) is 3.22. The van der Waals surface area contributed by atoms with Crippen LogP contribution in [0.5, 0.6) is 0 Å². The van der Waals surface area contributed by atoms with Gasteiger partial charge in [0, 0.05) is 18.5 Å². The highest BCUT2D eigenvalue weighted by Crippen LogP contribution is 2.34. The molecular formula is C19H27N5O10S. The van der Waals surface area contributed by atoms with Gasteiger partial charge in [-0.3, -0.25) is 18.9 Å². The van der Waals surface area contributed by atoms with Gasteiger partial charge in [0.1, 0.15) is 42.4 Å². The number of ether oxygens (including phenoxy) is 2. The van der Waals surface area contributed by atoms with Gasteiger partial charge >= 0.3 is 5.69 Å². The number of hydrogen-bond donors (Lipinski definition) is 8. The predicted octanol–water partition coefficient (Wildman–Crippen LogP) is -3.87. The first-order valence-corrected chi connectivity index (χ1v) is 10.8. The van der Waals surface area contributed by atoms with Crippen LogP contribution in [0.1, 0.15) is 13.2 Å². The topological polar surface area (TPSA) is 239 Å². The Kier molecular flexibility index (Phi) is 8.20. The number of aromatic amines is 1. The van der Waals surface area contributed by atoms with Gasteiger partial charge in [0.2, 0.25) is 0 Å². The number of nitrogens with two attached hydrogens (primary N) is 1. The zero-order valence-corrected chi connectivity index (χ0v) is 19.2. The minimum Gasteiger partial charge on any atom is -0.394 e. The van der Waals surface area contributed by atoms with Crippen molar-refractivity contribution in [3.8, 4) is 0 Å². The Morgan fingerprint density at radius 1 is 1.09 bits per heavy atom. The lowest BCUT2D eigenvalue weighted by Crippen LogP contribution is -2.48. The first-order chi connectivity index (χ1) is 16.4. The first kappa shape index (κ1) is 27.1. The molecule has 0 aliphatic carbocycles. The maximum absolute atomic E-state index is 11.7. The fourth-order valence-electron chi connectivity index (χ4n) is 3.80. The van der Waals surface area contributed by atoms with E-state index in [1.165, 1.54) is 36.0 Å². The molecule has 0 radical (unpaired) electrons. The number of rotatable bonds is 4. The van der Waals surface area contributed by atoms with Crippen LogP contribution in [0.25, 0.3) is 0 Å². The smallest absolute Gasteiger partial charge is 0.351 e. The van der Waals surface area contributed by atoms with Gasteiger partial charge in [-0.05, 0) is 25.2 Å². The van der Waals surface area contributed by atoms with Gasteiger partial charge in [0.15, 0.2) is 16.7 Å².